The van der Waals surface area contributed by atoms with Gasteiger partial charge in [0.15, 0.2) is 0 Å². The van der Waals surface area contributed by atoms with Crippen molar-refractivity contribution in [1.82, 2.24) is 14.5 Å². The van der Waals surface area contributed by atoms with Crippen LogP contribution in [0.2, 0.25) is 0 Å². The minimum absolute atomic E-state index is 0.226. The van der Waals surface area contributed by atoms with Crippen molar-refractivity contribution in [3.63, 3.8) is 0 Å². The van der Waals surface area contributed by atoms with Crippen molar-refractivity contribution < 1.29 is 4.79 Å². The summed E-state index contributed by atoms with van der Waals surface area (Å²) in [5, 5.41) is 2.87. The SMILES string of the molecule is Cc1ccc(NC(=O)c2cc(C)cc(-n3cnc(C)c3)n2)cc1. The van der Waals surface area contributed by atoms with Crippen LogP contribution in [0.4, 0.5) is 5.69 Å². The van der Waals surface area contributed by atoms with E-state index in [1.807, 2.05) is 61.9 Å². The van der Waals surface area contributed by atoms with Gasteiger partial charge in [0.1, 0.15) is 17.8 Å². The molecule has 5 nitrogen and oxygen atoms in total. The Balaban J connectivity index is 1.88. The van der Waals surface area contributed by atoms with Crippen molar-refractivity contribution in [2.24, 2.45) is 0 Å². The quantitative estimate of drug-likeness (QED) is 0.806. The Labute approximate surface area is 135 Å². The molecule has 0 aliphatic carbocycles. The summed E-state index contributed by atoms with van der Waals surface area (Å²) in [6, 6.07) is 11.4. The highest BCUT2D eigenvalue weighted by molar-refractivity contribution is 6.03. The number of carbonyl (C=O) groups is 1. The fourth-order valence-electron chi connectivity index (χ4n) is 2.28. The number of nitrogens with zero attached hydrogens (tertiary/aromatic N) is 3. The minimum Gasteiger partial charge on any atom is -0.321 e. The number of aromatic nitrogens is 3. The maximum atomic E-state index is 12.4. The fraction of sp³-hybridized carbons (Fsp3) is 0.167. The van der Waals surface area contributed by atoms with Gasteiger partial charge in [-0.1, -0.05) is 17.7 Å². The first-order valence-corrected chi connectivity index (χ1v) is 7.39. The van der Waals surface area contributed by atoms with Crippen molar-refractivity contribution in [3.8, 4) is 5.82 Å². The van der Waals surface area contributed by atoms with Gasteiger partial charge in [0.2, 0.25) is 0 Å². The Morgan fingerprint density at radius 1 is 1.04 bits per heavy atom. The molecule has 0 aliphatic rings. The average Bonchev–Trinajstić information content (AvgIpc) is 2.95. The van der Waals surface area contributed by atoms with E-state index >= 15 is 0 Å². The average molecular weight is 306 g/mol. The van der Waals surface area contributed by atoms with E-state index in [9.17, 15) is 4.79 Å². The number of rotatable bonds is 3. The van der Waals surface area contributed by atoms with Crippen LogP contribution in [0.5, 0.6) is 0 Å². The number of anilines is 1. The third-order valence-corrected chi connectivity index (χ3v) is 3.47. The lowest BCUT2D eigenvalue weighted by atomic mass is 10.2. The van der Waals surface area contributed by atoms with Gasteiger partial charge in [0.05, 0.1) is 5.69 Å². The first-order chi connectivity index (χ1) is 11.0. The molecule has 0 radical (unpaired) electrons. The summed E-state index contributed by atoms with van der Waals surface area (Å²) in [7, 11) is 0. The lowest BCUT2D eigenvalue weighted by Crippen LogP contribution is -2.15. The van der Waals surface area contributed by atoms with Crippen molar-refractivity contribution in [3.05, 3.63) is 71.4 Å². The monoisotopic (exact) mass is 306 g/mol. The van der Waals surface area contributed by atoms with E-state index in [-0.39, 0.29) is 5.91 Å². The van der Waals surface area contributed by atoms with Gasteiger partial charge in [-0.2, -0.15) is 0 Å². The summed E-state index contributed by atoms with van der Waals surface area (Å²) >= 11 is 0. The molecule has 0 spiro atoms. The number of nitrogens with one attached hydrogen (secondary N) is 1. The zero-order valence-electron chi connectivity index (χ0n) is 13.4. The number of pyridine rings is 1. The van der Waals surface area contributed by atoms with Crippen LogP contribution >= 0.6 is 0 Å². The van der Waals surface area contributed by atoms with E-state index in [0.717, 1.165) is 22.5 Å². The molecule has 0 unspecified atom stereocenters. The molecule has 0 saturated heterocycles. The molecule has 1 aromatic carbocycles. The molecular weight excluding hydrogens is 288 g/mol. The summed E-state index contributed by atoms with van der Waals surface area (Å²) in [6.07, 6.45) is 3.57. The molecule has 1 amide bonds. The van der Waals surface area contributed by atoms with E-state index in [2.05, 4.69) is 15.3 Å². The van der Waals surface area contributed by atoms with Crippen LogP contribution in [-0.2, 0) is 0 Å². The Morgan fingerprint density at radius 2 is 1.78 bits per heavy atom. The van der Waals surface area contributed by atoms with Gasteiger partial charge >= 0.3 is 0 Å². The highest BCUT2D eigenvalue weighted by atomic mass is 16.1. The van der Waals surface area contributed by atoms with Crippen molar-refractivity contribution in [2.45, 2.75) is 20.8 Å². The second-order valence-electron chi connectivity index (χ2n) is 5.63. The molecule has 2 aromatic heterocycles. The summed E-state index contributed by atoms with van der Waals surface area (Å²) in [5.74, 6) is 0.454. The molecule has 0 aliphatic heterocycles. The molecule has 3 rings (SSSR count). The smallest absolute Gasteiger partial charge is 0.274 e. The second kappa shape index (κ2) is 6.04. The number of carbonyl (C=O) groups excluding carboxylic acids is 1. The van der Waals surface area contributed by atoms with Crippen molar-refractivity contribution >= 4 is 11.6 Å². The minimum atomic E-state index is -0.226. The first-order valence-electron chi connectivity index (χ1n) is 7.39. The number of aryl methyl sites for hydroxylation is 3. The van der Waals surface area contributed by atoms with Gasteiger partial charge in [-0.3, -0.25) is 9.36 Å². The van der Waals surface area contributed by atoms with Crippen molar-refractivity contribution in [2.75, 3.05) is 5.32 Å². The Kier molecular flexibility index (Phi) is 3.93. The van der Waals surface area contributed by atoms with Crippen LogP contribution in [0.1, 0.15) is 27.3 Å². The van der Waals surface area contributed by atoms with Crippen molar-refractivity contribution in [1.29, 1.82) is 0 Å². The predicted octanol–water partition coefficient (Wildman–Crippen LogP) is 3.44. The molecule has 1 N–H and O–H groups in total. The van der Waals surface area contributed by atoms with Gasteiger partial charge < -0.3 is 5.32 Å². The summed E-state index contributed by atoms with van der Waals surface area (Å²) < 4.78 is 1.81. The zero-order valence-corrected chi connectivity index (χ0v) is 13.4. The van der Waals surface area contributed by atoms with Gasteiger partial charge in [-0.25, -0.2) is 9.97 Å². The molecular formula is C18H18N4O. The molecule has 0 saturated carbocycles. The summed E-state index contributed by atoms with van der Waals surface area (Å²) in [6.45, 7) is 5.86. The van der Waals surface area contributed by atoms with E-state index in [0.29, 0.717) is 11.5 Å². The first kappa shape index (κ1) is 15.0. The lowest BCUT2D eigenvalue weighted by Gasteiger charge is -2.08. The maximum Gasteiger partial charge on any atom is 0.274 e. The second-order valence-corrected chi connectivity index (χ2v) is 5.63. The van der Waals surface area contributed by atoms with Gasteiger partial charge in [-0.05, 0) is 50.6 Å². The van der Waals surface area contributed by atoms with Gasteiger partial charge in [-0.15, -0.1) is 0 Å². The topological polar surface area (TPSA) is 59.8 Å². The standard InChI is InChI=1S/C18H18N4O/c1-12-4-6-15(7-5-12)20-18(23)16-8-13(2)9-17(21-16)22-10-14(3)19-11-22/h4-11H,1-3H3,(H,20,23). The number of benzene rings is 1. The van der Waals surface area contributed by atoms with Crippen LogP contribution in [0.25, 0.3) is 5.82 Å². The summed E-state index contributed by atoms with van der Waals surface area (Å²) in [5.41, 5.74) is 4.15. The fourth-order valence-corrected chi connectivity index (χ4v) is 2.28. The molecule has 0 fully saturated rings. The Hall–Kier alpha value is -2.95. The molecule has 2 heterocycles. The van der Waals surface area contributed by atoms with Crippen LogP contribution < -0.4 is 5.32 Å². The molecule has 3 aromatic rings. The van der Waals surface area contributed by atoms with Crippen LogP contribution in [0.15, 0.2) is 48.9 Å². The third-order valence-electron chi connectivity index (χ3n) is 3.47. The Bertz CT molecular complexity index is 850. The highest BCUT2D eigenvalue weighted by Crippen LogP contribution is 2.14. The maximum absolute atomic E-state index is 12.4. The van der Waals surface area contributed by atoms with Crippen LogP contribution in [-0.4, -0.2) is 20.4 Å². The van der Waals surface area contributed by atoms with Gasteiger partial charge in [0, 0.05) is 11.9 Å². The van der Waals surface area contributed by atoms with Gasteiger partial charge in [0.25, 0.3) is 5.91 Å². The van der Waals surface area contributed by atoms with Crippen LogP contribution in [0, 0.1) is 20.8 Å². The summed E-state index contributed by atoms with van der Waals surface area (Å²) in [4.78, 5) is 21.1. The number of imidazole rings is 1. The van der Waals surface area contributed by atoms with E-state index < -0.39 is 0 Å². The van der Waals surface area contributed by atoms with E-state index in [1.54, 1.807) is 12.4 Å². The van der Waals surface area contributed by atoms with E-state index in [4.69, 9.17) is 0 Å². The highest BCUT2D eigenvalue weighted by Gasteiger charge is 2.11. The largest absolute Gasteiger partial charge is 0.321 e. The number of hydrogen-bond acceptors (Lipinski definition) is 3. The zero-order chi connectivity index (χ0) is 16.4. The lowest BCUT2D eigenvalue weighted by molar-refractivity contribution is 0.102. The normalized spacial score (nSPS) is 10.6. The van der Waals surface area contributed by atoms with E-state index in [1.165, 1.54) is 0 Å². The molecule has 5 heteroatoms. The number of amides is 1. The third kappa shape index (κ3) is 3.45. The molecule has 0 bridgehead atoms. The number of hydrogen-bond donors (Lipinski definition) is 1. The molecule has 116 valence electrons. The Morgan fingerprint density at radius 3 is 2.43 bits per heavy atom. The molecule has 0 atom stereocenters. The predicted molar refractivity (Wildman–Crippen MR) is 90.0 cm³/mol. The molecule has 23 heavy (non-hydrogen) atoms. The van der Waals surface area contributed by atoms with Crippen LogP contribution in [0.3, 0.4) is 0 Å².